The first-order valence-corrected chi connectivity index (χ1v) is 6.73. The lowest BCUT2D eigenvalue weighted by molar-refractivity contribution is 0.945. The molecule has 94 valence electrons. The van der Waals surface area contributed by atoms with Gasteiger partial charge in [0.15, 0.2) is 5.16 Å². The van der Waals surface area contributed by atoms with Crippen molar-refractivity contribution in [2.75, 3.05) is 5.73 Å². The SMILES string of the molecule is CCc1ccc(CSc2nc(N)cc(=O)[nH]2)cc1. The van der Waals surface area contributed by atoms with Crippen molar-refractivity contribution in [1.29, 1.82) is 0 Å². The van der Waals surface area contributed by atoms with Gasteiger partial charge in [0.05, 0.1) is 0 Å². The fraction of sp³-hybridized carbons (Fsp3) is 0.231. The van der Waals surface area contributed by atoms with E-state index in [1.165, 1.54) is 29.0 Å². The first kappa shape index (κ1) is 12.7. The molecule has 4 nitrogen and oxygen atoms in total. The number of aromatic nitrogens is 2. The average molecular weight is 261 g/mol. The Kier molecular flexibility index (Phi) is 4.04. The Morgan fingerprint density at radius 2 is 1.94 bits per heavy atom. The molecule has 5 heteroatoms. The van der Waals surface area contributed by atoms with Gasteiger partial charge in [0.2, 0.25) is 0 Å². The summed E-state index contributed by atoms with van der Waals surface area (Å²) in [6.07, 6.45) is 1.04. The van der Waals surface area contributed by atoms with E-state index in [0.717, 1.165) is 12.2 Å². The third-order valence-electron chi connectivity index (χ3n) is 2.55. The number of nitrogens with one attached hydrogen (secondary N) is 1. The van der Waals surface area contributed by atoms with Gasteiger partial charge in [-0.15, -0.1) is 0 Å². The molecule has 0 radical (unpaired) electrons. The molecule has 0 unspecified atom stereocenters. The van der Waals surface area contributed by atoms with E-state index in [1.807, 2.05) is 0 Å². The largest absolute Gasteiger partial charge is 0.383 e. The van der Waals surface area contributed by atoms with Gasteiger partial charge in [0, 0.05) is 11.8 Å². The number of nitrogens with zero attached hydrogens (tertiary/aromatic N) is 1. The van der Waals surface area contributed by atoms with Crippen LogP contribution >= 0.6 is 11.8 Å². The van der Waals surface area contributed by atoms with Crippen LogP contribution in [0, 0.1) is 0 Å². The van der Waals surface area contributed by atoms with Crippen molar-refractivity contribution in [3.05, 3.63) is 51.8 Å². The van der Waals surface area contributed by atoms with Crippen LogP contribution in [0.2, 0.25) is 0 Å². The van der Waals surface area contributed by atoms with Gasteiger partial charge in [-0.1, -0.05) is 43.0 Å². The Morgan fingerprint density at radius 1 is 1.28 bits per heavy atom. The summed E-state index contributed by atoms with van der Waals surface area (Å²) in [6, 6.07) is 9.70. The number of hydrogen-bond acceptors (Lipinski definition) is 4. The maximum Gasteiger partial charge on any atom is 0.253 e. The summed E-state index contributed by atoms with van der Waals surface area (Å²) in [5.41, 5.74) is 7.82. The van der Waals surface area contributed by atoms with Gasteiger partial charge in [-0.05, 0) is 17.5 Å². The van der Waals surface area contributed by atoms with Crippen LogP contribution in [0.1, 0.15) is 18.1 Å². The molecule has 0 bridgehead atoms. The Hall–Kier alpha value is -1.75. The van der Waals surface area contributed by atoms with E-state index >= 15 is 0 Å². The molecule has 0 saturated carbocycles. The molecular weight excluding hydrogens is 246 g/mol. The minimum Gasteiger partial charge on any atom is -0.383 e. The van der Waals surface area contributed by atoms with Gasteiger partial charge >= 0.3 is 0 Å². The molecule has 18 heavy (non-hydrogen) atoms. The zero-order chi connectivity index (χ0) is 13.0. The molecule has 3 N–H and O–H groups in total. The second-order valence-electron chi connectivity index (χ2n) is 3.93. The number of aryl methyl sites for hydroxylation is 1. The summed E-state index contributed by atoms with van der Waals surface area (Å²) in [4.78, 5) is 17.9. The van der Waals surface area contributed by atoms with Gasteiger partial charge in [0.1, 0.15) is 5.82 Å². The topological polar surface area (TPSA) is 71.8 Å². The predicted octanol–water partition coefficient (Wildman–Crippen LogP) is 2.21. The van der Waals surface area contributed by atoms with Crippen LogP contribution in [0.5, 0.6) is 0 Å². The van der Waals surface area contributed by atoms with Crippen molar-refractivity contribution in [3.63, 3.8) is 0 Å². The van der Waals surface area contributed by atoms with E-state index in [-0.39, 0.29) is 11.4 Å². The van der Waals surface area contributed by atoms with Crippen LogP contribution < -0.4 is 11.3 Å². The van der Waals surface area contributed by atoms with E-state index in [4.69, 9.17) is 5.73 Å². The zero-order valence-corrected chi connectivity index (χ0v) is 11.0. The first-order valence-electron chi connectivity index (χ1n) is 5.75. The Bertz CT molecular complexity index is 578. The minimum absolute atomic E-state index is 0.216. The molecule has 0 aliphatic rings. The number of nitrogen functional groups attached to an aromatic ring is 1. The number of rotatable bonds is 4. The normalized spacial score (nSPS) is 10.5. The molecule has 0 atom stereocenters. The molecule has 0 fully saturated rings. The van der Waals surface area contributed by atoms with E-state index in [2.05, 4.69) is 41.2 Å². The van der Waals surface area contributed by atoms with Crippen LogP contribution in [0.4, 0.5) is 5.82 Å². The van der Waals surface area contributed by atoms with E-state index < -0.39 is 0 Å². The second-order valence-corrected chi connectivity index (χ2v) is 4.90. The lowest BCUT2D eigenvalue weighted by Crippen LogP contribution is -2.09. The zero-order valence-electron chi connectivity index (χ0n) is 10.1. The minimum atomic E-state index is -0.216. The van der Waals surface area contributed by atoms with Crippen LogP contribution in [0.25, 0.3) is 0 Å². The lowest BCUT2D eigenvalue weighted by Gasteiger charge is -2.03. The summed E-state index contributed by atoms with van der Waals surface area (Å²) in [5.74, 6) is 1.01. The molecule has 0 spiro atoms. The summed E-state index contributed by atoms with van der Waals surface area (Å²) in [6.45, 7) is 2.13. The van der Waals surface area contributed by atoms with Gasteiger partial charge in [-0.25, -0.2) is 4.98 Å². The van der Waals surface area contributed by atoms with Crippen molar-refractivity contribution in [2.45, 2.75) is 24.3 Å². The summed E-state index contributed by atoms with van der Waals surface area (Å²) >= 11 is 1.47. The first-order chi connectivity index (χ1) is 8.67. The molecule has 0 saturated heterocycles. The summed E-state index contributed by atoms with van der Waals surface area (Å²) < 4.78 is 0. The molecule has 1 heterocycles. The fourth-order valence-corrected chi connectivity index (χ4v) is 2.38. The van der Waals surface area contributed by atoms with Crippen LogP contribution in [0.15, 0.2) is 40.3 Å². The molecule has 2 rings (SSSR count). The van der Waals surface area contributed by atoms with Crippen molar-refractivity contribution >= 4 is 17.6 Å². The number of aromatic amines is 1. The van der Waals surface area contributed by atoms with Crippen molar-refractivity contribution in [2.24, 2.45) is 0 Å². The van der Waals surface area contributed by atoms with E-state index in [1.54, 1.807) is 0 Å². The van der Waals surface area contributed by atoms with Gasteiger partial charge < -0.3 is 10.7 Å². The number of thioether (sulfide) groups is 1. The summed E-state index contributed by atoms with van der Waals surface area (Å²) in [7, 11) is 0. The maximum absolute atomic E-state index is 11.2. The fourth-order valence-electron chi connectivity index (χ4n) is 1.54. The monoisotopic (exact) mass is 261 g/mol. The van der Waals surface area contributed by atoms with Crippen LogP contribution in [0.3, 0.4) is 0 Å². The highest BCUT2D eigenvalue weighted by Crippen LogP contribution is 2.19. The quantitative estimate of drug-likeness (QED) is 0.654. The van der Waals surface area contributed by atoms with Gasteiger partial charge in [-0.2, -0.15) is 0 Å². The highest BCUT2D eigenvalue weighted by Gasteiger charge is 2.01. The molecule has 1 aromatic heterocycles. The number of benzene rings is 1. The Morgan fingerprint density at radius 3 is 2.56 bits per heavy atom. The number of nitrogens with two attached hydrogens (primary N) is 1. The van der Waals surface area contributed by atoms with E-state index in [0.29, 0.717) is 5.16 Å². The number of H-pyrrole nitrogens is 1. The highest BCUT2D eigenvalue weighted by atomic mass is 32.2. The van der Waals surface area contributed by atoms with Crippen LogP contribution in [-0.2, 0) is 12.2 Å². The molecule has 0 aliphatic heterocycles. The van der Waals surface area contributed by atoms with Crippen molar-refractivity contribution in [3.8, 4) is 0 Å². The van der Waals surface area contributed by atoms with E-state index in [9.17, 15) is 4.79 Å². The third-order valence-corrected chi connectivity index (χ3v) is 3.49. The molecular formula is C13H15N3OS. The molecule has 0 amide bonds. The van der Waals surface area contributed by atoms with Crippen LogP contribution in [-0.4, -0.2) is 9.97 Å². The third kappa shape index (κ3) is 3.37. The highest BCUT2D eigenvalue weighted by molar-refractivity contribution is 7.98. The smallest absolute Gasteiger partial charge is 0.253 e. The second kappa shape index (κ2) is 5.73. The lowest BCUT2D eigenvalue weighted by atomic mass is 10.1. The average Bonchev–Trinajstić information content (AvgIpc) is 2.36. The molecule has 0 aliphatic carbocycles. The van der Waals surface area contributed by atoms with Crippen molar-refractivity contribution < 1.29 is 0 Å². The molecule has 2 aromatic rings. The Labute approximate surface area is 110 Å². The maximum atomic E-state index is 11.2. The standard InChI is InChI=1S/C13H15N3OS/c1-2-9-3-5-10(6-4-9)8-18-13-15-11(14)7-12(17)16-13/h3-7H,2,8H2,1H3,(H3,14,15,16,17). The predicted molar refractivity (Wildman–Crippen MR) is 74.7 cm³/mol. The van der Waals surface area contributed by atoms with Crippen molar-refractivity contribution in [1.82, 2.24) is 9.97 Å². The Balaban J connectivity index is 2.04. The van der Waals surface area contributed by atoms with Gasteiger partial charge in [-0.3, -0.25) is 4.79 Å². The summed E-state index contributed by atoms with van der Waals surface area (Å²) in [5, 5.41) is 0.555. The number of anilines is 1. The molecule has 1 aromatic carbocycles. The van der Waals surface area contributed by atoms with Gasteiger partial charge in [0.25, 0.3) is 5.56 Å². The number of hydrogen-bond donors (Lipinski definition) is 2.